The first-order valence-electron chi connectivity index (χ1n) is 36.9. The van der Waals surface area contributed by atoms with Crippen LogP contribution in [0.2, 0.25) is 0 Å². The van der Waals surface area contributed by atoms with Crippen molar-refractivity contribution in [2.75, 3.05) is 84.8 Å². The monoisotopic (exact) mass is 1640 g/mol. The lowest BCUT2D eigenvalue weighted by atomic mass is 9.95. The number of phenolic OH excluding ortho intramolecular Hbond substituents is 1. The third-order valence-electron chi connectivity index (χ3n) is 19.2. The summed E-state index contributed by atoms with van der Waals surface area (Å²) in [5.41, 5.74) is 4.58. The number of nitrogens with one attached hydrogen (secondary N) is 13. The molecule has 14 N–H and O–H groups in total. The van der Waals surface area contributed by atoms with Crippen LogP contribution in [0.25, 0.3) is 21.7 Å². The van der Waals surface area contributed by atoms with Gasteiger partial charge < -0.3 is 115 Å². The number of aromatic amines is 1. The number of amides is 13. The van der Waals surface area contributed by atoms with E-state index >= 15 is 0 Å². The zero-order valence-electron chi connectivity index (χ0n) is 65.5. The second-order valence-corrected chi connectivity index (χ2v) is 28.5. The van der Waals surface area contributed by atoms with E-state index in [2.05, 4.69) is 88.7 Å². The summed E-state index contributed by atoms with van der Waals surface area (Å²) in [6, 6.07) is 21.6. The molecule has 0 radical (unpaired) electrons. The van der Waals surface area contributed by atoms with Gasteiger partial charge in [0.1, 0.15) is 34.2 Å². The predicted molar refractivity (Wildman–Crippen MR) is 439 cm³/mol. The Kier molecular flexibility index (Phi) is 23.6. The van der Waals surface area contributed by atoms with Crippen molar-refractivity contribution in [2.24, 2.45) is 56.4 Å². The summed E-state index contributed by atoms with van der Waals surface area (Å²) in [7, 11) is 12.7. The van der Waals surface area contributed by atoms with Crippen molar-refractivity contribution < 1.29 is 67.4 Å². The van der Waals surface area contributed by atoms with Crippen LogP contribution in [0.4, 0.5) is 57.4 Å². The number of halogens is 1. The van der Waals surface area contributed by atoms with Crippen molar-refractivity contribution in [1.82, 2.24) is 77.4 Å². The number of carbonyl (C=O) groups excluding carboxylic acids is 13. The van der Waals surface area contributed by atoms with E-state index in [1.807, 2.05) is 24.3 Å². The average Bonchev–Trinajstić information content (AvgIpc) is 1.62. The number of fused-ring (bicyclic) bond motifs is 4. The number of aromatic nitrogens is 13. The van der Waals surface area contributed by atoms with Crippen LogP contribution >= 0.6 is 11.6 Å². The molecule has 1 atom stereocenters. The minimum Gasteiger partial charge on any atom is -0.507 e. The molecule has 41 heteroatoms. The largest absolute Gasteiger partial charge is 0.507 e. The SMILES string of the molecule is CC(=O)Nc1cn(C)c(C(=O)Nc2cc(C(=O)Nc3cc(C(=O)NCCC(=O)Nc4cn(C)c(C(=O)Nc5cc(C(=O)NCCCC(=O)Nc6cn(C)c(C(=O)Nc7cc(C(=O)NCCC(=O)Nc8cn(C)c(C(=O)Nc9ccc%10[nH]c(C(=O)N%11CC(CCl)c%12c%11cc(O)c%11ccccc%12%11)cc%10c9)n8)n(C)c7)n6)n(C)c5)n4)n(C)c3)n(C)c2)n1. The molecule has 13 amide bonds. The van der Waals surface area contributed by atoms with E-state index in [9.17, 15) is 67.4 Å². The lowest BCUT2D eigenvalue weighted by molar-refractivity contribution is -0.117. The average molecular weight is 1640 g/mol. The lowest BCUT2D eigenvalue weighted by Crippen LogP contribution is -2.30. The molecular formula is C78H81ClN26O14. The summed E-state index contributed by atoms with van der Waals surface area (Å²) < 4.78 is 11.6. The molecule has 0 saturated carbocycles. The van der Waals surface area contributed by atoms with Crippen LogP contribution in [0.1, 0.15) is 139 Å². The van der Waals surface area contributed by atoms with Crippen LogP contribution < -0.4 is 68.7 Å². The van der Waals surface area contributed by atoms with Crippen LogP contribution in [-0.4, -0.2) is 175 Å². The molecule has 0 saturated heterocycles. The maximum Gasteiger partial charge on any atom is 0.291 e. The molecule has 0 spiro atoms. The van der Waals surface area contributed by atoms with E-state index in [4.69, 9.17) is 11.6 Å². The number of alkyl halides is 1. The number of benzene rings is 3. The first-order valence-corrected chi connectivity index (χ1v) is 37.5. The minimum atomic E-state index is -0.663. The first kappa shape index (κ1) is 81.6. The number of aromatic hydroxyl groups is 1. The fraction of sp³-hybridized carbons (Fsp3) is 0.244. The smallest absolute Gasteiger partial charge is 0.291 e. The molecule has 3 aromatic carbocycles. The molecule has 13 rings (SSSR count). The molecule has 9 aromatic heterocycles. The van der Waals surface area contributed by atoms with Crippen LogP contribution in [0, 0.1) is 0 Å². The third-order valence-corrected chi connectivity index (χ3v) is 19.6. The highest BCUT2D eigenvalue weighted by Gasteiger charge is 2.36. The molecule has 0 bridgehead atoms. The van der Waals surface area contributed by atoms with Crippen molar-refractivity contribution >= 4 is 167 Å². The van der Waals surface area contributed by atoms with Crippen molar-refractivity contribution in [2.45, 2.75) is 38.5 Å². The molecule has 1 aliphatic rings. The number of rotatable bonds is 29. The maximum absolute atomic E-state index is 14.1. The quantitative estimate of drug-likeness (QED) is 0.0184. The van der Waals surface area contributed by atoms with E-state index in [1.165, 1.54) is 117 Å². The van der Waals surface area contributed by atoms with Gasteiger partial charge >= 0.3 is 0 Å². The Labute approximate surface area is 680 Å². The number of H-pyrrole nitrogens is 1. The molecular weight excluding hydrogens is 1560 g/mol. The number of anilines is 10. The molecule has 40 nitrogen and oxygen atoms in total. The fourth-order valence-corrected chi connectivity index (χ4v) is 13.9. The van der Waals surface area contributed by atoms with Crippen LogP contribution in [-0.2, 0) is 75.6 Å². The van der Waals surface area contributed by atoms with Gasteiger partial charge in [0.2, 0.25) is 46.9 Å². The van der Waals surface area contributed by atoms with Crippen molar-refractivity contribution in [3.8, 4) is 5.75 Å². The van der Waals surface area contributed by atoms with Crippen molar-refractivity contribution in [3.05, 3.63) is 186 Å². The van der Waals surface area contributed by atoms with Gasteiger partial charge in [-0.05, 0) is 65.9 Å². The molecule has 1 aliphatic heterocycles. The number of phenols is 1. The number of nitrogens with zero attached hydrogens (tertiary/aromatic N) is 13. The van der Waals surface area contributed by atoms with E-state index in [1.54, 1.807) is 91.6 Å². The Morgan fingerprint density at radius 2 is 0.807 bits per heavy atom. The molecule has 0 aliphatic carbocycles. The molecule has 12 aromatic rings. The summed E-state index contributed by atoms with van der Waals surface area (Å²) in [5.74, 6) is -6.37. The standard InChI is InChI=1S/C78H81ClN26O14/c1-40(106)83-58-36-101(6)67(93-58)75(116)88-47-28-56(100(5)35-47)73(114)85-44-25-54(97(2)32-44)71(112)81-21-18-64(110)92-61-39-104(9)69(96-61)77(118)86-45-26-53(98(3)33-45)70(111)80-20-12-15-62(108)90-59-37-103(8)68(94-59)76(117)87-46-27-55(99(4)34-46)72(113)82-22-19-63(109)91-60-38-102(7)66(95-60)74(115)84-43-16-17-50-41(23-43)24-51(89-50)78(119)105-31-42(30-79)65-49-14-11-10-13-48(49)57(107)29-52(65)105/h10-11,13-14,16-17,23-29,32-39,42,89,107H,12,15,18-22,30-31H2,1-9H3,(H,80,111)(H,81,112)(H,82,113)(H,83,106)(H,84,115)(H,85,114)(H,86,118)(H,87,117)(H,88,116)(H,90,108)(H,91,109)(H,92,110). The molecule has 614 valence electrons. The molecule has 0 fully saturated rings. The summed E-state index contributed by atoms with van der Waals surface area (Å²) >= 11 is 6.42. The Balaban J connectivity index is 0.497. The normalized spacial score (nSPS) is 12.2. The lowest BCUT2D eigenvalue weighted by Gasteiger charge is -2.17. The van der Waals surface area contributed by atoms with Gasteiger partial charge in [-0.25, -0.2) is 19.9 Å². The van der Waals surface area contributed by atoms with Gasteiger partial charge in [0, 0.05) is 198 Å². The number of carbonyl (C=O) groups is 13. The minimum absolute atomic E-state index is 0.0178. The van der Waals surface area contributed by atoms with Gasteiger partial charge in [-0.3, -0.25) is 62.3 Å². The summed E-state index contributed by atoms with van der Waals surface area (Å²) in [4.78, 5) is 193. The summed E-state index contributed by atoms with van der Waals surface area (Å²) in [6.45, 7) is 1.53. The highest BCUT2D eigenvalue weighted by molar-refractivity contribution is 6.20. The van der Waals surface area contributed by atoms with Crippen molar-refractivity contribution in [3.63, 3.8) is 0 Å². The Morgan fingerprint density at radius 3 is 1.24 bits per heavy atom. The summed E-state index contributed by atoms with van der Waals surface area (Å²) in [6.07, 6.45) is 11.7. The summed E-state index contributed by atoms with van der Waals surface area (Å²) in [5, 5.41) is 45.2. The number of imidazole rings is 4. The van der Waals surface area contributed by atoms with Crippen LogP contribution in [0.5, 0.6) is 5.75 Å². The van der Waals surface area contributed by atoms with Gasteiger partial charge in [0.25, 0.3) is 53.2 Å². The maximum atomic E-state index is 14.1. The molecule has 10 heterocycles. The topological polar surface area (TPSA) is 497 Å². The first-order chi connectivity index (χ1) is 56.8. The van der Waals surface area contributed by atoms with E-state index < -0.39 is 65.0 Å². The second-order valence-electron chi connectivity index (χ2n) is 28.2. The number of hydrogen-bond donors (Lipinski definition) is 14. The predicted octanol–water partition coefficient (Wildman–Crippen LogP) is 6.18. The van der Waals surface area contributed by atoms with Crippen LogP contribution in [0.3, 0.4) is 0 Å². The number of hydrogen-bond acceptors (Lipinski definition) is 18. The van der Waals surface area contributed by atoms with Gasteiger partial charge in [-0.2, -0.15) is 0 Å². The van der Waals surface area contributed by atoms with Gasteiger partial charge in [-0.15, -0.1) is 11.6 Å². The van der Waals surface area contributed by atoms with Gasteiger partial charge in [0.15, 0.2) is 23.3 Å². The zero-order valence-corrected chi connectivity index (χ0v) is 66.3. The van der Waals surface area contributed by atoms with Crippen LogP contribution in [0.15, 0.2) is 128 Å². The van der Waals surface area contributed by atoms with E-state index in [-0.39, 0.29) is 161 Å². The Hall–Kier alpha value is -15.4. The molecule has 119 heavy (non-hydrogen) atoms. The second kappa shape index (κ2) is 34.4. The van der Waals surface area contributed by atoms with Gasteiger partial charge in [-0.1, -0.05) is 24.3 Å². The fourth-order valence-electron chi connectivity index (χ4n) is 13.6. The zero-order chi connectivity index (χ0) is 84.9. The Bertz CT molecular complexity index is 6130. The van der Waals surface area contributed by atoms with E-state index in [0.717, 1.165) is 10.9 Å². The van der Waals surface area contributed by atoms with Gasteiger partial charge in [0.05, 0.1) is 28.4 Å². The van der Waals surface area contributed by atoms with E-state index in [0.29, 0.717) is 45.6 Å². The van der Waals surface area contributed by atoms with Crippen molar-refractivity contribution in [1.29, 1.82) is 0 Å². The third kappa shape index (κ3) is 18.4. The number of aryl methyl sites for hydroxylation is 8. The Morgan fingerprint density at radius 1 is 0.420 bits per heavy atom. The highest BCUT2D eigenvalue weighted by atomic mass is 35.5. The highest BCUT2D eigenvalue weighted by Crippen LogP contribution is 2.46. The molecule has 1 unspecified atom stereocenters.